The molecule has 3 heterocycles. The molecule has 0 unspecified atom stereocenters. The highest BCUT2D eigenvalue weighted by Gasteiger charge is 2.13. The predicted octanol–water partition coefficient (Wildman–Crippen LogP) is 5.07. The lowest BCUT2D eigenvalue weighted by atomic mass is 10.2. The molecule has 0 aliphatic heterocycles. The van der Waals surface area contributed by atoms with Gasteiger partial charge in [-0.15, -0.1) is 11.3 Å². The highest BCUT2D eigenvalue weighted by atomic mass is 35.5. The maximum Gasteiger partial charge on any atom is 0.180 e. The second-order valence-corrected chi connectivity index (χ2v) is 6.14. The number of benzene rings is 1. The first kappa shape index (κ1) is 13.4. The summed E-state index contributed by atoms with van der Waals surface area (Å²) in [5, 5.41) is 1.34. The molecular weight excluding hydrogens is 314 g/mol. The van der Waals surface area contributed by atoms with Crippen molar-refractivity contribution in [1.29, 1.82) is 0 Å². The summed E-state index contributed by atoms with van der Waals surface area (Å²) in [6.07, 6.45) is 1.72. The minimum atomic E-state index is 0.462. The lowest BCUT2D eigenvalue weighted by molar-refractivity contribution is 1.18. The number of aromatic nitrogens is 3. The molecule has 0 radical (unpaired) electrons. The third-order valence-corrected chi connectivity index (χ3v) is 4.66. The molecule has 4 rings (SSSR count). The Hall–Kier alpha value is -2.30. The molecule has 3 aromatic heterocycles. The molecule has 0 amide bonds. The second-order valence-electron chi connectivity index (χ2n) is 4.75. The van der Waals surface area contributed by atoms with Gasteiger partial charge in [0.2, 0.25) is 0 Å². The fourth-order valence-corrected chi connectivity index (χ4v) is 3.56. The Morgan fingerprint density at radius 2 is 1.73 bits per heavy atom. The van der Waals surface area contributed by atoms with Crippen LogP contribution in [0.25, 0.3) is 32.2 Å². The Kier molecular flexibility index (Phi) is 3.33. The molecule has 0 spiro atoms. The van der Waals surface area contributed by atoms with Crippen molar-refractivity contribution in [3.05, 3.63) is 65.9 Å². The number of hydrogen-bond donors (Lipinski definition) is 0. The molecule has 0 aliphatic carbocycles. The fourth-order valence-electron chi connectivity index (χ4n) is 2.24. The minimum Gasteiger partial charge on any atom is -0.253 e. The standard InChI is InChI=1S/C17H10ClN3S/c18-15-12-10-14(11-6-2-1-3-7-11)22-17(12)21-16(20-15)13-8-4-5-9-19-13/h1-10H. The summed E-state index contributed by atoms with van der Waals surface area (Å²) in [4.78, 5) is 15.3. The van der Waals surface area contributed by atoms with Crippen LogP contribution >= 0.6 is 22.9 Å². The smallest absolute Gasteiger partial charge is 0.180 e. The summed E-state index contributed by atoms with van der Waals surface area (Å²) in [6, 6.07) is 17.9. The number of thiophene rings is 1. The zero-order valence-electron chi connectivity index (χ0n) is 11.4. The van der Waals surface area contributed by atoms with Crippen LogP contribution in [0, 0.1) is 0 Å². The van der Waals surface area contributed by atoms with Crippen LogP contribution in [-0.4, -0.2) is 15.0 Å². The van der Waals surface area contributed by atoms with Crippen molar-refractivity contribution in [1.82, 2.24) is 15.0 Å². The van der Waals surface area contributed by atoms with Gasteiger partial charge in [-0.2, -0.15) is 0 Å². The summed E-state index contributed by atoms with van der Waals surface area (Å²) in [5.41, 5.74) is 1.88. The second kappa shape index (κ2) is 5.48. The Morgan fingerprint density at radius 1 is 0.909 bits per heavy atom. The van der Waals surface area contributed by atoms with Crippen LogP contribution in [0.1, 0.15) is 0 Å². The van der Waals surface area contributed by atoms with Crippen molar-refractivity contribution in [2.75, 3.05) is 0 Å². The Balaban J connectivity index is 1.88. The number of hydrogen-bond acceptors (Lipinski definition) is 4. The van der Waals surface area contributed by atoms with E-state index >= 15 is 0 Å². The summed E-state index contributed by atoms with van der Waals surface area (Å²) in [5.74, 6) is 0.555. The molecule has 5 heteroatoms. The van der Waals surface area contributed by atoms with Crippen molar-refractivity contribution >= 4 is 33.2 Å². The number of rotatable bonds is 2. The SMILES string of the molecule is Clc1nc(-c2ccccn2)nc2sc(-c3ccccc3)cc12. The summed E-state index contributed by atoms with van der Waals surface area (Å²) >= 11 is 7.95. The maximum absolute atomic E-state index is 6.34. The van der Waals surface area contributed by atoms with Gasteiger partial charge >= 0.3 is 0 Å². The van der Waals surface area contributed by atoms with Crippen LogP contribution in [0.4, 0.5) is 0 Å². The fraction of sp³-hybridized carbons (Fsp3) is 0. The highest BCUT2D eigenvalue weighted by molar-refractivity contribution is 7.22. The largest absolute Gasteiger partial charge is 0.253 e. The van der Waals surface area contributed by atoms with Crippen molar-refractivity contribution in [3.8, 4) is 22.0 Å². The van der Waals surface area contributed by atoms with E-state index in [4.69, 9.17) is 11.6 Å². The summed E-state index contributed by atoms with van der Waals surface area (Å²) in [7, 11) is 0. The monoisotopic (exact) mass is 323 g/mol. The molecule has 0 bridgehead atoms. The van der Waals surface area contributed by atoms with Crippen molar-refractivity contribution < 1.29 is 0 Å². The number of nitrogens with zero attached hydrogens (tertiary/aromatic N) is 3. The van der Waals surface area contributed by atoms with E-state index in [9.17, 15) is 0 Å². The van der Waals surface area contributed by atoms with Crippen LogP contribution in [0.2, 0.25) is 5.15 Å². The van der Waals surface area contributed by atoms with Crippen molar-refractivity contribution in [3.63, 3.8) is 0 Å². The highest BCUT2D eigenvalue weighted by Crippen LogP contribution is 2.36. The molecule has 0 saturated heterocycles. The Morgan fingerprint density at radius 3 is 2.50 bits per heavy atom. The summed E-state index contributed by atoms with van der Waals surface area (Å²) < 4.78 is 0. The molecule has 106 valence electrons. The number of halogens is 1. The molecule has 1 aromatic carbocycles. The van der Waals surface area contributed by atoms with E-state index in [2.05, 4.69) is 27.1 Å². The maximum atomic E-state index is 6.34. The van der Waals surface area contributed by atoms with Crippen LogP contribution < -0.4 is 0 Å². The van der Waals surface area contributed by atoms with Crippen LogP contribution in [0.15, 0.2) is 60.8 Å². The third kappa shape index (κ3) is 2.36. The minimum absolute atomic E-state index is 0.462. The summed E-state index contributed by atoms with van der Waals surface area (Å²) in [6.45, 7) is 0. The molecule has 0 N–H and O–H groups in total. The Bertz CT molecular complexity index is 936. The van der Waals surface area contributed by atoms with E-state index < -0.39 is 0 Å². The average molecular weight is 324 g/mol. The lowest BCUT2D eigenvalue weighted by Crippen LogP contribution is -1.91. The van der Waals surface area contributed by atoms with E-state index in [0.717, 1.165) is 26.4 Å². The van der Waals surface area contributed by atoms with E-state index in [0.29, 0.717) is 11.0 Å². The van der Waals surface area contributed by atoms with Gasteiger partial charge in [0.1, 0.15) is 15.7 Å². The predicted molar refractivity (Wildman–Crippen MR) is 91.1 cm³/mol. The van der Waals surface area contributed by atoms with Gasteiger partial charge in [0, 0.05) is 16.5 Å². The first-order chi connectivity index (χ1) is 10.8. The zero-order valence-corrected chi connectivity index (χ0v) is 13.0. The third-order valence-electron chi connectivity index (χ3n) is 3.30. The van der Waals surface area contributed by atoms with E-state index in [1.807, 2.05) is 42.5 Å². The van der Waals surface area contributed by atoms with Gasteiger partial charge < -0.3 is 0 Å². The first-order valence-corrected chi connectivity index (χ1v) is 7.94. The van der Waals surface area contributed by atoms with Gasteiger partial charge in [0.15, 0.2) is 5.82 Å². The lowest BCUT2D eigenvalue weighted by Gasteiger charge is -1.99. The first-order valence-electron chi connectivity index (χ1n) is 6.75. The van der Waals surface area contributed by atoms with Crippen molar-refractivity contribution in [2.24, 2.45) is 0 Å². The zero-order chi connectivity index (χ0) is 14.9. The van der Waals surface area contributed by atoms with Gasteiger partial charge in [-0.05, 0) is 23.8 Å². The van der Waals surface area contributed by atoms with Gasteiger partial charge in [-0.3, -0.25) is 4.98 Å². The molecule has 0 atom stereocenters. The molecule has 0 saturated carbocycles. The van der Waals surface area contributed by atoms with Gasteiger partial charge in [0.05, 0.1) is 0 Å². The van der Waals surface area contributed by atoms with Crippen LogP contribution in [-0.2, 0) is 0 Å². The van der Waals surface area contributed by atoms with Crippen LogP contribution in [0.5, 0.6) is 0 Å². The number of pyridine rings is 1. The topological polar surface area (TPSA) is 38.7 Å². The molecule has 22 heavy (non-hydrogen) atoms. The normalized spacial score (nSPS) is 11.0. The van der Waals surface area contributed by atoms with E-state index in [-0.39, 0.29) is 0 Å². The average Bonchev–Trinajstić information content (AvgIpc) is 3.01. The van der Waals surface area contributed by atoms with Crippen molar-refractivity contribution in [2.45, 2.75) is 0 Å². The molecule has 3 nitrogen and oxygen atoms in total. The quantitative estimate of drug-likeness (QED) is 0.483. The Labute approximate surface area is 136 Å². The van der Waals surface area contributed by atoms with Gasteiger partial charge in [0.25, 0.3) is 0 Å². The van der Waals surface area contributed by atoms with Gasteiger partial charge in [-0.1, -0.05) is 48.0 Å². The van der Waals surface area contributed by atoms with E-state index in [1.54, 1.807) is 17.5 Å². The van der Waals surface area contributed by atoms with E-state index in [1.165, 1.54) is 0 Å². The number of fused-ring (bicyclic) bond motifs is 1. The molecule has 0 fully saturated rings. The van der Waals surface area contributed by atoms with Gasteiger partial charge in [-0.25, -0.2) is 9.97 Å². The van der Waals surface area contributed by atoms with Crippen LogP contribution in [0.3, 0.4) is 0 Å². The molecular formula is C17H10ClN3S. The molecule has 4 aromatic rings. The molecule has 0 aliphatic rings.